The molecule has 1 aromatic rings. The van der Waals surface area contributed by atoms with Gasteiger partial charge in [-0.2, -0.15) is 0 Å². The second-order valence-electron chi connectivity index (χ2n) is 5.82. The zero-order chi connectivity index (χ0) is 14.1. The molecular formula is C15H20FN3O. The van der Waals surface area contributed by atoms with Crippen LogP contribution in [-0.4, -0.2) is 35.5 Å². The summed E-state index contributed by atoms with van der Waals surface area (Å²) in [6.07, 6.45) is 4.16. The lowest BCUT2D eigenvalue weighted by Gasteiger charge is -2.37. The number of hydrogen-bond donors (Lipinski definition) is 2. The number of nitrogens with one attached hydrogen (secondary N) is 1. The normalized spacial score (nSPS) is 29.4. The summed E-state index contributed by atoms with van der Waals surface area (Å²) in [5.41, 5.74) is 6.26. The number of hydrogen-bond acceptors (Lipinski definition) is 3. The number of amides is 1. The minimum atomic E-state index is -0.399. The van der Waals surface area contributed by atoms with Crippen LogP contribution in [0.4, 0.5) is 10.1 Å². The molecule has 20 heavy (non-hydrogen) atoms. The first-order valence-corrected chi connectivity index (χ1v) is 7.19. The van der Waals surface area contributed by atoms with Gasteiger partial charge in [-0.3, -0.25) is 9.69 Å². The number of rotatable bonds is 3. The van der Waals surface area contributed by atoms with Crippen LogP contribution >= 0.6 is 0 Å². The summed E-state index contributed by atoms with van der Waals surface area (Å²) in [4.78, 5) is 14.3. The molecular weight excluding hydrogens is 257 g/mol. The van der Waals surface area contributed by atoms with Crippen LogP contribution in [0.2, 0.25) is 0 Å². The molecule has 5 heteroatoms. The monoisotopic (exact) mass is 277 g/mol. The number of fused-ring (bicyclic) bond motifs is 2. The van der Waals surface area contributed by atoms with E-state index in [4.69, 9.17) is 5.73 Å². The summed E-state index contributed by atoms with van der Waals surface area (Å²) in [5.74, 6) is -0.549. The standard InChI is InChI=1S/C15H20FN3O/c16-13-3-1-2-4-14(13)18-15(20)9-19-11-5-6-12(19)8-10(17)7-11/h1-4,10-12H,5-9,17H2,(H,18,20). The fourth-order valence-corrected chi connectivity index (χ4v) is 3.49. The van der Waals surface area contributed by atoms with Crippen molar-refractivity contribution in [2.24, 2.45) is 5.73 Å². The first kappa shape index (κ1) is 13.5. The predicted molar refractivity (Wildman–Crippen MR) is 75.8 cm³/mol. The van der Waals surface area contributed by atoms with E-state index in [-0.39, 0.29) is 17.6 Å². The highest BCUT2D eigenvalue weighted by Crippen LogP contribution is 2.34. The maximum absolute atomic E-state index is 13.5. The van der Waals surface area contributed by atoms with Crippen LogP contribution in [-0.2, 0) is 4.79 Å². The van der Waals surface area contributed by atoms with Gasteiger partial charge in [0.2, 0.25) is 5.91 Å². The Balaban J connectivity index is 1.61. The molecule has 3 N–H and O–H groups in total. The van der Waals surface area contributed by atoms with Gasteiger partial charge in [0.15, 0.2) is 0 Å². The lowest BCUT2D eigenvalue weighted by atomic mass is 9.98. The molecule has 2 fully saturated rings. The van der Waals surface area contributed by atoms with Crippen LogP contribution in [0.3, 0.4) is 0 Å². The molecule has 0 aromatic heterocycles. The molecule has 1 aromatic carbocycles. The van der Waals surface area contributed by atoms with E-state index >= 15 is 0 Å². The predicted octanol–water partition coefficient (Wildman–Crippen LogP) is 1.72. The summed E-state index contributed by atoms with van der Waals surface area (Å²) in [5, 5.41) is 2.65. The van der Waals surface area contributed by atoms with Crippen molar-refractivity contribution in [1.82, 2.24) is 4.90 Å². The first-order valence-electron chi connectivity index (χ1n) is 7.19. The summed E-state index contributed by atoms with van der Waals surface area (Å²) in [6, 6.07) is 7.33. The molecule has 2 aliphatic rings. The fourth-order valence-electron chi connectivity index (χ4n) is 3.49. The quantitative estimate of drug-likeness (QED) is 0.884. The number of halogens is 1. The minimum absolute atomic E-state index is 0.150. The van der Waals surface area contributed by atoms with E-state index in [1.54, 1.807) is 18.2 Å². The third kappa shape index (κ3) is 2.69. The van der Waals surface area contributed by atoms with Crippen LogP contribution < -0.4 is 11.1 Å². The number of carbonyl (C=O) groups is 1. The molecule has 0 aliphatic carbocycles. The number of nitrogens with two attached hydrogens (primary N) is 1. The van der Waals surface area contributed by atoms with Gasteiger partial charge >= 0.3 is 0 Å². The molecule has 4 nitrogen and oxygen atoms in total. The molecule has 3 rings (SSSR count). The molecule has 108 valence electrons. The van der Waals surface area contributed by atoms with E-state index in [2.05, 4.69) is 10.2 Å². The smallest absolute Gasteiger partial charge is 0.238 e. The maximum atomic E-state index is 13.5. The lowest BCUT2D eigenvalue weighted by molar-refractivity contribution is -0.118. The van der Waals surface area contributed by atoms with Crippen molar-refractivity contribution in [1.29, 1.82) is 0 Å². The van der Waals surface area contributed by atoms with E-state index in [1.807, 2.05) is 0 Å². The zero-order valence-corrected chi connectivity index (χ0v) is 11.4. The Hall–Kier alpha value is -1.46. The van der Waals surface area contributed by atoms with Crippen LogP contribution in [0, 0.1) is 5.82 Å². The Morgan fingerprint density at radius 2 is 1.95 bits per heavy atom. The number of benzene rings is 1. The molecule has 1 amide bonds. The third-order valence-electron chi connectivity index (χ3n) is 4.39. The minimum Gasteiger partial charge on any atom is -0.328 e. The SMILES string of the molecule is NC1CC2CCC(C1)N2CC(=O)Nc1ccccc1F. The molecule has 2 saturated heterocycles. The maximum Gasteiger partial charge on any atom is 0.238 e. The Morgan fingerprint density at radius 3 is 2.60 bits per heavy atom. The topological polar surface area (TPSA) is 58.4 Å². The van der Waals surface area contributed by atoms with Crippen LogP contribution in [0.15, 0.2) is 24.3 Å². The summed E-state index contributed by atoms with van der Waals surface area (Å²) in [6.45, 7) is 0.330. The summed E-state index contributed by atoms with van der Waals surface area (Å²) >= 11 is 0. The van der Waals surface area contributed by atoms with E-state index in [1.165, 1.54) is 6.07 Å². The summed E-state index contributed by atoms with van der Waals surface area (Å²) < 4.78 is 13.5. The van der Waals surface area contributed by atoms with Gasteiger partial charge < -0.3 is 11.1 Å². The van der Waals surface area contributed by atoms with E-state index in [9.17, 15) is 9.18 Å². The largest absolute Gasteiger partial charge is 0.328 e. The van der Waals surface area contributed by atoms with Gasteiger partial charge in [-0.1, -0.05) is 12.1 Å². The number of nitrogens with zero attached hydrogens (tertiary/aromatic N) is 1. The Labute approximate surface area is 118 Å². The van der Waals surface area contributed by atoms with Gasteiger partial charge in [-0.25, -0.2) is 4.39 Å². The fraction of sp³-hybridized carbons (Fsp3) is 0.533. The van der Waals surface area contributed by atoms with E-state index < -0.39 is 5.82 Å². The molecule has 2 unspecified atom stereocenters. The van der Waals surface area contributed by atoms with Crippen LogP contribution in [0.25, 0.3) is 0 Å². The number of para-hydroxylation sites is 1. The number of anilines is 1. The average Bonchev–Trinajstić information content (AvgIpc) is 2.65. The Kier molecular flexibility index (Phi) is 3.72. The number of carbonyl (C=O) groups excluding carboxylic acids is 1. The summed E-state index contributed by atoms with van der Waals surface area (Å²) in [7, 11) is 0. The van der Waals surface area contributed by atoms with Gasteiger partial charge in [0.25, 0.3) is 0 Å². The van der Waals surface area contributed by atoms with Crippen molar-refractivity contribution in [2.45, 2.75) is 43.8 Å². The molecule has 0 radical (unpaired) electrons. The van der Waals surface area contributed by atoms with Gasteiger partial charge in [0, 0.05) is 18.1 Å². The third-order valence-corrected chi connectivity index (χ3v) is 4.39. The first-order chi connectivity index (χ1) is 9.63. The van der Waals surface area contributed by atoms with Crippen molar-refractivity contribution < 1.29 is 9.18 Å². The molecule has 0 saturated carbocycles. The van der Waals surface area contributed by atoms with Gasteiger partial charge in [0.1, 0.15) is 5.82 Å². The average molecular weight is 277 g/mol. The zero-order valence-electron chi connectivity index (χ0n) is 11.4. The van der Waals surface area contributed by atoms with Crippen molar-refractivity contribution in [3.8, 4) is 0 Å². The van der Waals surface area contributed by atoms with Crippen molar-refractivity contribution >= 4 is 11.6 Å². The molecule has 2 aliphatic heterocycles. The Morgan fingerprint density at radius 1 is 1.30 bits per heavy atom. The van der Waals surface area contributed by atoms with Gasteiger partial charge in [0.05, 0.1) is 12.2 Å². The van der Waals surface area contributed by atoms with Gasteiger partial charge in [-0.15, -0.1) is 0 Å². The molecule has 0 spiro atoms. The Bertz CT molecular complexity index is 494. The molecule has 2 heterocycles. The van der Waals surface area contributed by atoms with Crippen LogP contribution in [0.1, 0.15) is 25.7 Å². The lowest BCUT2D eigenvalue weighted by Crippen LogP contribution is -2.50. The van der Waals surface area contributed by atoms with Crippen molar-refractivity contribution in [3.63, 3.8) is 0 Å². The van der Waals surface area contributed by atoms with Gasteiger partial charge in [-0.05, 0) is 37.8 Å². The van der Waals surface area contributed by atoms with E-state index in [0.717, 1.165) is 25.7 Å². The van der Waals surface area contributed by atoms with Crippen molar-refractivity contribution in [3.05, 3.63) is 30.1 Å². The number of piperidine rings is 1. The van der Waals surface area contributed by atoms with Crippen LogP contribution in [0.5, 0.6) is 0 Å². The van der Waals surface area contributed by atoms with E-state index in [0.29, 0.717) is 18.6 Å². The highest BCUT2D eigenvalue weighted by molar-refractivity contribution is 5.92. The molecule has 2 atom stereocenters. The molecule has 2 bridgehead atoms. The second-order valence-corrected chi connectivity index (χ2v) is 5.82. The highest BCUT2D eigenvalue weighted by Gasteiger charge is 2.40. The second kappa shape index (κ2) is 5.50. The highest BCUT2D eigenvalue weighted by atomic mass is 19.1. The van der Waals surface area contributed by atoms with Crippen molar-refractivity contribution in [2.75, 3.05) is 11.9 Å².